The van der Waals surface area contributed by atoms with Gasteiger partial charge in [0.1, 0.15) is 6.04 Å². The Morgan fingerprint density at radius 2 is 1.74 bits per heavy atom. The van der Waals surface area contributed by atoms with Gasteiger partial charge in [-0.15, -0.1) is 0 Å². The highest BCUT2D eigenvalue weighted by Gasteiger charge is 2.23. The van der Waals surface area contributed by atoms with Gasteiger partial charge < -0.3 is 20.1 Å². The number of carboxylic acids is 1. The molecule has 1 saturated heterocycles. The summed E-state index contributed by atoms with van der Waals surface area (Å²) < 4.78 is 4.41. The Balaban J connectivity index is 2.39. The van der Waals surface area contributed by atoms with Gasteiger partial charge in [0.2, 0.25) is 11.8 Å². The van der Waals surface area contributed by atoms with Crippen molar-refractivity contribution < 1.29 is 29.0 Å². The molecular weight excluding hydrogens is 304 g/mol. The van der Waals surface area contributed by atoms with Crippen molar-refractivity contribution >= 4 is 23.8 Å². The fourth-order valence-electron chi connectivity index (χ4n) is 2.41. The molecule has 0 aromatic rings. The third-order valence-corrected chi connectivity index (χ3v) is 3.77. The molecule has 1 atom stereocenters. The molecule has 2 N–H and O–H groups in total. The van der Waals surface area contributed by atoms with E-state index in [4.69, 9.17) is 5.11 Å². The number of hydrogen-bond donors (Lipinski definition) is 2. The number of nitrogens with one attached hydrogen (secondary N) is 1. The van der Waals surface area contributed by atoms with E-state index in [0.717, 1.165) is 19.3 Å². The topological polar surface area (TPSA) is 113 Å². The number of likely N-dealkylation sites (tertiary alicyclic amines) is 1. The lowest BCUT2D eigenvalue weighted by Crippen LogP contribution is -2.42. The summed E-state index contributed by atoms with van der Waals surface area (Å²) in [6.07, 6.45) is 2.91. The summed E-state index contributed by atoms with van der Waals surface area (Å²) in [6.45, 7) is 1.42. The summed E-state index contributed by atoms with van der Waals surface area (Å²) in [5.41, 5.74) is 0. The molecule has 8 nitrogen and oxygen atoms in total. The quantitative estimate of drug-likeness (QED) is 0.620. The first-order valence-electron chi connectivity index (χ1n) is 7.80. The van der Waals surface area contributed by atoms with Gasteiger partial charge in [0.05, 0.1) is 13.5 Å². The first kappa shape index (κ1) is 18.9. The van der Waals surface area contributed by atoms with Gasteiger partial charge in [0, 0.05) is 25.9 Å². The van der Waals surface area contributed by atoms with Crippen LogP contribution in [0.2, 0.25) is 0 Å². The van der Waals surface area contributed by atoms with Crippen LogP contribution < -0.4 is 5.32 Å². The fraction of sp³-hybridized carbons (Fsp3) is 0.733. The normalized spacial score (nSPS) is 15.6. The average molecular weight is 328 g/mol. The molecule has 1 aliphatic heterocycles. The molecule has 1 fully saturated rings. The second-order valence-corrected chi connectivity index (χ2v) is 5.51. The van der Waals surface area contributed by atoms with Crippen molar-refractivity contribution in [2.24, 2.45) is 0 Å². The van der Waals surface area contributed by atoms with E-state index >= 15 is 0 Å². The lowest BCUT2D eigenvalue weighted by molar-refractivity contribution is -0.143. The predicted octanol–water partition coefficient (Wildman–Crippen LogP) is 0.302. The third kappa shape index (κ3) is 7.12. The minimum Gasteiger partial charge on any atom is -0.480 e. The van der Waals surface area contributed by atoms with E-state index in [9.17, 15) is 19.2 Å². The number of ether oxygens (including phenoxy) is 1. The number of carboxylic acid groups (broad SMARTS) is 1. The summed E-state index contributed by atoms with van der Waals surface area (Å²) in [5.74, 6) is -2.36. The highest BCUT2D eigenvalue weighted by molar-refractivity contribution is 5.86. The number of carbonyl (C=O) groups excluding carboxylic acids is 3. The zero-order valence-corrected chi connectivity index (χ0v) is 13.4. The third-order valence-electron chi connectivity index (χ3n) is 3.77. The Kier molecular flexibility index (Phi) is 8.07. The van der Waals surface area contributed by atoms with Gasteiger partial charge in [-0.3, -0.25) is 14.4 Å². The molecule has 23 heavy (non-hydrogen) atoms. The van der Waals surface area contributed by atoms with E-state index in [-0.39, 0.29) is 31.6 Å². The molecular formula is C15H24N2O6. The van der Waals surface area contributed by atoms with Crippen molar-refractivity contribution in [3.63, 3.8) is 0 Å². The number of rotatable bonds is 8. The lowest BCUT2D eigenvalue weighted by atomic mass is 10.1. The van der Waals surface area contributed by atoms with Crippen LogP contribution in [0.15, 0.2) is 0 Å². The Bertz CT molecular complexity index is 445. The van der Waals surface area contributed by atoms with Crippen molar-refractivity contribution in [3.05, 3.63) is 0 Å². The number of aliphatic carboxylic acids is 1. The molecule has 0 aromatic carbocycles. The maximum atomic E-state index is 12.0. The second-order valence-electron chi connectivity index (χ2n) is 5.51. The number of methoxy groups -OCH3 is 1. The SMILES string of the molecule is COC(=O)CCC(=O)N[C@@H](CCC(=O)N1CCCCC1)C(=O)O. The van der Waals surface area contributed by atoms with Crippen LogP contribution in [0.25, 0.3) is 0 Å². The first-order chi connectivity index (χ1) is 10.9. The van der Waals surface area contributed by atoms with Crippen molar-refractivity contribution in [2.75, 3.05) is 20.2 Å². The van der Waals surface area contributed by atoms with E-state index in [0.29, 0.717) is 13.1 Å². The molecule has 0 radical (unpaired) electrons. The molecule has 1 rings (SSSR count). The average Bonchev–Trinajstić information content (AvgIpc) is 2.56. The van der Waals surface area contributed by atoms with Crippen LogP contribution in [0, 0.1) is 0 Å². The van der Waals surface area contributed by atoms with E-state index in [1.165, 1.54) is 7.11 Å². The number of carbonyl (C=O) groups is 4. The van der Waals surface area contributed by atoms with Crippen molar-refractivity contribution in [1.82, 2.24) is 10.2 Å². The van der Waals surface area contributed by atoms with E-state index in [1.54, 1.807) is 4.90 Å². The Hall–Kier alpha value is -2.12. The van der Waals surface area contributed by atoms with E-state index < -0.39 is 23.9 Å². The van der Waals surface area contributed by atoms with Crippen LogP contribution in [-0.2, 0) is 23.9 Å². The Labute approximate surface area is 135 Å². The zero-order chi connectivity index (χ0) is 17.2. The molecule has 0 aliphatic carbocycles. The maximum Gasteiger partial charge on any atom is 0.326 e. The van der Waals surface area contributed by atoms with Crippen molar-refractivity contribution in [1.29, 1.82) is 0 Å². The lowest BCUT2D eigenvalue weighted by Gasteiger charge is -2.27. The van der Waals surface area contributed by atoms with Crippen LogP contribution >= 0.6 is 0 Å². The fourth-order valence-corrected chi connectivity index (χ4v) is 2.41. The first-order valence-corrected chi connectivity index (χ1v) is 7.80. The van der Waals surface area contributed by atoms with Crippen LogP contribution in [0.1, 0.15) is 44.9 Å². The molecule has 2 amide bonds. The molecule has 0 saturated carbocycles. The van der Waals surface area contributed by atoms with E-state index in [2.05, 4.69) is 10.1 Å². The second kappa shape index (κ2) is 9.81. The number of amides is 2. The summed E-state index contributed by atoms with van der Waals surface area (Å²) in [5, 5.41) is 11.5. The minimum absolute atomic E-state index is 0.0363. The standard InChI is InChI=1S/C15H24N2O6/c1-23-14(20)8-6-12(18)16-11(15(21)22)5-7-13(19)17-9-3-2-4-10-17/h11H,2-10H2,1H3,(H,16,18)(H,21,22)/t11-/m0/s1. The zero-order valence-electron chi connectivity index (χ0n) is 13.4. The van der Waals surface area contributed by atoms with Crippen molar-refractivity contribution in [3.8, 4) is 0 Å². The molecule has 0 unspecified atom stereocenters. The molecule has 130 valence electrons. The number of esters is 1. The summed E-state index contributed by atoms with van der Waals surface area (Å²) >= 11 is 0. The van der Waals surface area contributed by atoms with Gasteiger partial charge in [0.25, 0.3) is 0 Å². The largest absolute Gasteiger partial charge is 0.480 e. The molecule has 0 spiro atoms. The molecule has 1 aliphatic rings. The number of piperidine rings is 1. The highest BCUT2D eigenvalue weighted by Crippen LogP contribution is 2.11. The number of nitrogens with zero attached hydrogens (tertiary/aromatic N) is 1. The molecule has 8 heteroatoms. The van der Waals surface area contributed by atoms with Crippen LogP contribution in [0.3, 0.4) is 0 Å². The smallest absolute Gasteiger partial charge is 0.326 e. The van der Waals surface area contributed by atoms with Crippen LogP contribution in [-0.4, -0.2) is 60.0 Å². The molecule has 1 heterocycles. The Morgan fingerprint density at radius 3 is 2.30 bits per heavy atom. The Morgan fingerprint density at radius 1 is 1.09 bits per heavy atom. The maximum absolute atomic E-state index is 12.0. The summed E-state index contributed by atoms with van der Waals surface area (Å²) in [4.78, 5) is 47.6. The number of hydrogen-bond acceptors (Lipinski definition) is 5. The van der Waals surface area contributed by atoms with Gasteiger partial charge in [-0.25, -0.2) is 4.79 Å². The molecule has 0 bridgehead atoms. The van der Waals surface area contributed by atoms with Crippen molar-refractivity contribution in [2.45, 2.75) is 51.0 Å². The van der Waals surface area contributed by atoms with Gasteiger partial charge in [0.15, 0.2) is 0 Å². The highest BCUT2D eigenvalue weighted by atomic mass is 16.5. The van der Waals surface area contributed by atoms with Gasteiger partial charge >= 0.3 is 11.9 Å². The minimum atomic E-state index is -1.19. The van der Waals surface area contributed by atoms with Crippen LogP contribution in [0.4, 0.5) is 0 Å². The summed E-state index contributed by atoms with van der Waals surface area (Å²) in [7, 11) is 1.21. The van der Waals surface area contributed by atoms with Gasteiger partial charge in [-0.2, -0.15) is 0 Å². The predicted molar refractivity (Wildman–Crippen MR) is 80.5 cm³/mol. The van der Waals surface area contributed by atoms with Crippen LogP contribution in [0.5, 0.6) is 0 Å². The summed E-state index contributed by atoms with van der Waals surface area (Å²) in [6, 6.07) is -1.13. The van der Waals surface area contributed by atoms with Gasteiger partial charge in [-0.05, 0) is 25.7 Å². The molecule has 0 aromatic heterocycles. The van der Waals surface area contributed by atoms with E-state index in [1.807, 2.05) is 0 Å². The monoisotopic (exact) mass is 328 g/mol. The van der Waals surface area contributed by atoms with Gasteiger partial charge in [-0.1, -0.05) is 0 Å².